The molecule has 0 saturated heterocycles. The summed E-state index contributed by atoms with van der Waals surface area (Å²) in [6.45, 7) is -2.93. The van der Waals surface area contributed by atoms with Crippen LogP contribution in [0.2, 0.25) is 10.0 Å². The summed E-state index contributed by atoms with van der Waals surface area (Å²) in [6.07, 6.45) is 0. The summed E-state index contributed by atoms with van der Waals surface area (Å²) < 4.78 is 41.6. The molecule has 22 heavy (non-hydrogen) atoms. The number of halogens is 5. The molecule has 8 heteroatoms. The largest absolute Gasteiger partial charge is 0.435 e. The fourth-order valence-corrected chi connectivity index (χ4v) is 2.08. The van der Waals surface area contributed by atoms with E-state index in [0.29, 0.717) is 5.69 Å². The van der Waals surface area contributed by atoms with Gasteiger partial charge >= 0.3 is 6.61 Å². The summed E-state index contributed by atoms with van der Waals surface area (Å²) in [6, 6.07) is 7.25. The van der Waals surface area contributed by atoms with E-state index >= 15 is 0 Å². The quantitative estimate of drug-likeness (QED) is 0.790. The number of carbonyl (C=O) groups is 1. The molecule has 0 aliphatic rings. The molecule has 0 unspecified atom stereocenters. The maximum atomic E-state index is 13.4. The second-order valence-electron chi connectivity index (χ2n) is 4.10. The number of anilines is 1. The second kappa shape index (κ2) is 6.89. The Morgan fingerprint density at radius 1 is 1.09 bits per heavy atom. The predicted molar refractivity (Wildman–Crippen MR) is 77.4 cm³/mol. The Hall–Kier alpha value is -1.92. The van der Waals surface area contributed by atoms with Gasteiger partial charge in [-0.05, 0) is 36.4 Å². The summed E-state index contributed by atoms with van der Waals surface area (Å²) in [4.78, 5) is 12.0. The molecule has 2 rings (SSSR count). The summed E-state index contributed by atoms with van der Waals surface area (Å²) in [5, 5.41) is 2.24. The van der Waals surface area contributed by atoms with Gasteiger partial charge in [0.25, 0.3) is 5.91 Å². The Labute approximate surface area is 133 Å². The molecule has 0 radical (unpaired) electrons. The van der Waals surface area contributed by atoms with Gasteiger partial charge in [-0.15, -0.1) is 0 Å². The van der Waals surface area contributed by atoms with E-state index in [1.54, 1.807) is 0 Å². The highest BCUT2D eigenvalue weighted by Gasteiger charge is 2.14. The lowest BCUT2D eigenvalue weighted by Crippen LogP contribution is -2.13. The molecule has 0 fully saturated rings. The van der Waals surface area contributed by atoms with E-state index in [1.165, 1.54) is 24.3 Å². The Morgan fingerprint density at radius 2 is 1.73 bits per heavy atom. The number of benzene rings is 2. The third-order valence-electron chi connectivity index (χ3n) is 2.59. The van der Waals surface area contributed by atoms with Gasteiger partial charge in [-0.2, -0.15) is 8.78 Å². The van der Waals surface area contributed by atoms with E-state index in [2.05, 4.69) is 10.1 Å². The monoisotopic (exact) mass is 349 g/mol. The van der Waals surface area contributed by atoms with Crippen molar-refractivity contribution in [1.29, 1.82) is 0 Å². The lowest BCUT2D eigenvalue weighted by atomic mass is 10.2. The highest BCUT2D eigenvalue weighted by molar-refractivity contribution is 6.37. The van der Waals surface area contributed by atoms with Crippen LogP contribution in [0.5, 0.6) is 5.75 Å². The smallest absolute Gasteiger partial charge is 0.387 e. The van der Waals surface area contributed by atoms with Gasteiger partial charge in [0.15, 0.2) is 0 Å². The molecule has 1 N–H and O–H groups in total. The summed E-state index contributed by atoms with van der Waals surface area (Å²) in [5.74, 6) is -1.50. The minimum atomic E-state index is -2.93. The maximum absolute atomic E-state index is 13.4. The summed E-state index contributed by atoms with van der Waals surface area (Å²) in [7, 11) is 0. The molecule has 116 valence electrons. The Balaban J connectivity index is 2.13. The topological polar surface area (TPSA) is 38.3 Å². The minimum Gasteiger partial charge on any atom is -0.435 e. The van der Waals surface area contributed by atoms with Crippen molar-refractivity contribution in [2.24, 2.45) is 0 Å². The van der Waals surface area contributed by atoms with Crippen molar-refractivity contribution in [1.82, 2.24) is 0 Å². The highest BCUT2D eigenvalue weighted by atomic mass is 35.5. The number of nitrogens with one attached hydrogen (secondary N) is 1. The van der Waals surface area contributed by atoms with Gasteiger partial charge in [-0.1, -0.05) is 23.2 Å². The van der Waals surface area contributed by atoms with Crippen molar-refractivity contribution >= 4 is 34.8 Å². The SMILES string of the molecule is O=C(Nc1ccc(OC(F)F)cc1)c1cc(F)c(Cl)cc1Cl. The van der Waals surface area contributed by atoms with Crippen LogP contribution >= 0.6 is 23.2 Å². The molecular weight excluding hydrogens is 342 g/mol. The van der Waals surface area contributed by atoms with Gasteiger partial charge in [-0.25, -0.2) is 4.39 Å². The van der Waals surface area contributed by atoms with Crippen molar-refractivity contribution in [2.75, 3.05) is 5.32 Å². The van der Waals surface area contributed by atoms with Crippen molar-refractivity contribution in [3.05, 3.63) is 57.8 Å². The third kappa shape index (κ3) is 4.05. The van der Waals surface area contributed by atoms with E-state index in [1.807, 2.05) is 0 Å². The number of hydrogen-bond acceptors (Lipinski definition) is 2. The molecule has 3 nitrogen and oxygen atoms in total. The minimum absolute atomic E-state index is 0.0125. The molecular formula is C14H8Cl2F3NO2. The van der Waals surface area contributed by atoms with E-state index in [-0.39, 0.29) is 21.4 Å². The molecule has 0 aromatic heterocycles. The fourth-order valence-electron chi connectivity index (χ4n) is 1.61. The summed E-state index contributed by atoms with van der Waals surface area (Å²) >= 11 is 11.4. The predicted octanol–water partition coefficient (Wildman–Crippen LogP) is 4.99. The van der Waals surface area contributed by atoms with Crippen LogP contribution in [0, 0.1) is 5.82 Å². The lowest BCUT2D eigenvalue weighted by Gasteiger charge is -2.09. The zero-order chi connectivity index (χ0) is 16.3. The first-order valence-corrected chi connectivity index (χ1v) is 6.63. The van der Waals surface area contributed by atoms with E-state index in [0.717, 1.165) is 12.1 Å². The molecule has 0 aliphatic heterocycles. The van der Waals surface area contributed by atoms with Crippen molar-refractivity contribution in [2.45, 2.75) is 6.61 Å². The molecule has 0 aliphatic carbocycles. The molecule has 0 spiro atoms. The van der Waals surface area contributed by atoms with Crippen LogP contribution in [0.4, 0.5) is 18.9 Å². The standard InChI is InChI=1S/C14H8Cl2F3NO2/c15-10-6-11(16)12(17)5-9(10)13(21)20-7-1-3-8(4-2-7)22-14(18)19/h1-6,14H,(H,20,21). The van der Waals surface area contributed by atoms with E-state index in [4.69, 9.17) is 23.2 Å². The molecule has 2 aromatic carbocycles. The Bertz CT molecular complexity index is 693. The van der Waals surface area contributed by atoms with Gasteiger partial charge in [0, 0.05) is 5.69 Å². The number of hydrogen-bond donors (Lipinski definition) is 1. The zero-order valence-electron chi connectivity index (χ0n) is 10.7. The first-order chi connectivity index (χ1) is 10.4. The highest BCUT2D eigenvalue weighted by Crippen LogP contribution is 2.25. The number of amides is 1. The van der Waals surface area contributed by atoms with Crippen molar-refractivity contribution < 1.29 is 22.7 Å². The fraction of sp³-hybridized carbons (Fsp3) is 0.0714. The molecule has 0 heterocycles. The third-order valence-corrected chi connectivity index (χ3v) is 3.19. The van der Waals surface area contributed by atoms with Crippen LogP contribution in [-0.4, -0.2) is 12.5 Å². The molecule has 0 atom stereocenters. The number of alkyl halides is 2. The van der Waals surface area contributed by atoms with Crippen molar-refractivity contribution in [3.63, 3.8) is 0 Å². The average Bonchev–Trinajstić information content (AvgIpc) is 2.44. The van der Waals surface area contributed by atoms with Crippen LogP contribution < -0.4 is 10.1 Å². The normalized spacial score (nSPS) is 10.6. The van der Waals surface area contributed by atoms with Crippen LogP contribution in [0.3, 0.4) is 0 Å². The van der Waals surface area contributed by atoms with Crippen LogP contribution in [0.25, 0.3) is 0 Å². The van der Waals surface area contributed by atoms with Crippen molar-refractivity contribution in [3.8, 4) is 5.75 Å². The Kier molecular flexibility index (Phi) is 5.15. The van der Waals surface area contributed by atoms with Gasteiger partial charge in [0.2, 0.25) is 0 Å². The average molecular weight is 350 g/mol. The zero-order valence-corrected chi connectivity index (χ0v) is 12.3. The van der Waals surface area contributed by atoms with E-state index in [9.17, 15) is 18.0 Å². The van der Waals surface area contributed by atoms with E-state index < -0.39 is 18.3 Å². The number of rotatable bonds is 4. The second-order valence-corrected chi connectivity index (χ2v) is 4.92. The van der Waals surface area contributed by atoms with Gasteiger partial charge in [0.1, 0.15) is 11.6 Å². The first-order valence-electron chi connectivity index (χ1n) is 5.87. The number of ether oxygens (including phenoxy) is 1. The molecule has 1 amide bonds. The van der Waals surface area contributed by atoms with Gasteiger partial charge < -0.3 is 10.1 Å². The maximum Gasteiger partial charge on any atom is 0.387 e. The van der Waals surface area contributed by atoms with Crippen LogP contribution in [0.1, 0.15) is 10.4 Å². The molecule has 0 bridgehead atoms. The van der Waals surface area contributed by atoms with Gasteiger partial charge in [-0.3, -0.25) is 4.79 Å². The first kappa shape index (κ1) is 16.5. The Morgan fingerprint density at radius 3 is 2.32 bits per heavy atom. The molecule has 2 aromatic rings. The van der Waals surface area contributed by atoms with Crippen LogP contribution in [-0.2, 0) is 0 Å². The van der Waals surface area contributed by atoms with Gasteiger partial charge in [0.05, 0.1) is 15.6 Å². The molecule has 0 saturated carbocycles. The number of carbonyl (C=O) groups excluding carboxylic acids is 1. The van der Waals surface area contributed by atoms with Crippen LogP contribution in [0.15, 0.2) is 36.4 Å². The lowest BCUT2D eigenvalue weighted by molar-refractivity contribution is -0.0498. The summed E-state index contributed by atoms with van der Waals surface area (Å²) in [5.41, 5.74) is 0.203.